The molecule has 0 unspecified atom stereocenters. The third-order valence-electron chi connectivity index (χ3n) is 10.1. The van der Waals surface area contributed by atoms with Gasteiger partial charge in [-0.05, 0) is 31.2 Å². The Kier molecular flexibility index (Phi) is 14.2. The Bertz CT molecular complexity index is 1140. The van der Waals surface area contributed by atoms with Crippen LogP contribution in [0.5, 0.6) is 0 Å². The average Bonchev–Trinajstić information content (AvgIpc) is 3.10. The Hall–Kier alpha value is -1.83. The van der Waals surface area contributed by atoms with Gasteiger partial charge in [0.1, 0.15) is 48.8 Å². The molecule has 4 aliphatic rings. The van der Waals surface area contributed by atoms with Crippen LogP contribution in [0.2, 0.25) is 0 Å². The van der Waals surface area contributed by atoms with Gasteiger partial charge in [0.25, 0.3) is 0 Å². The number of carbonyl (C=O) groups is 1. The van der Waals surface area contributed by atoms with Gasteiger partial charge < -0.3 is 69.5 Å². The van der Waals surface area contributed by atoms with Crippen LogP contribution < -0.4 is 5.32 Å². The summed E-state index contributed by atoms with van der Waals surface area (Å²) < 4.78 is 36.0. The minimum Gasteiger partial charge on any atom is -0.479 e. The molecule has 14 atom stereocenters. The van der Waals surface area contributed by atoms with Gasteiger partial charge in [-0.25, -0.2) is 4.79 Å². The Labute approximate surface area is 286 Å². The van der Waals surface area contributed by atoms with Gasteiger partial charge in [-0.15, -0.1) is 0 Å². The van der Waals surface area contributed by atoms with E-state index in [2.05, 4.69) is 5.32 Å². The van der Waals surface area contributed by atoms with Crippen molar-refractivity contribution in [3.63, 3.8) is 0 Å². The van der Waals surface area contributed by atoms with Crippen molar-refractivity contribution in [2.45, 2.75) is 144 Å². The van der Waals surface area contributed by atoms with E-state index in [1.54, 1.807) is 0 Å². The molecule has 3 heterocycles. The molecule has 0 spiro atoms. The molecule has 0 radical (unpaired) electrons. The van der Waals surface area contributed by atoms with Crippen LogP contribution in [0.25, 0.3) is 0 Å². The lowest BCUT2D eigenvalue weighted by atomic mass is 9.85. The third-order valence-corrected chi connectivity index (χ3v) is 10.1. The molecule has 278 valence electrons. The van der Waals surface area contributed by atoms with Gasteiger partial charge in [0.05, 0.1) is 24.9 Å². The predicted molar refractivity (Wildman–Crippen MR) is 170 cm³/mol. The molecule has 3 aliphatic heterocycles. The SMILES string of the molecule is C[C@@H]1O[C@@H](O[C@@H]2[C@@H](CNCc3ccccc3)OCC[C@H]2O[C@@H]2O[C@H](CO)[C@H](O)[C@H](O[C@@H](CC3CCCCC3)C(=O)O)[C@H]2O)[C@@H](O)[C@H](O)[C@@H]1O. The molecular weight excluding hydrogens is 646 g/mol. The molecule has 0 amide bonds. The number of carboxylic acids is 1. The molecule has 0 bridgehead atoms. The smallest absolute Gasteiger partial charge is 0.332 e. The average molecular weight is 700 g/mol. The normalized spacial score (nSPS) is 39.8. The maximum Gasteiger partial charge on any atom is 0.332 e. The molecule has 3 saturated heterocycles. The summed E-state index contributed by atoms with van der Waals surface area (Å²) >= 11 is 0. The van der Waals surface area contributed by atoms with Crippen molar-refractivity contribution in [3.8, 4) is 0 Å². The molecule has 1 aromatic carbocycles. The number of carboxylic acid groups (broad SMARTS) is 1. The summed E-state index contributed by atoms with van der Waals surface area (Å²) in [6, 6.07) is 9.68. The second-order valence-electron chi connectivity index (χ2n) is 13.6. The molecular formula is C34H53NO14. The Balaban J connectivity index is 1.32. The summed E-state index contributed by atoms with van der Waals surface area (Å²) in [5.74, 6) is -1.08. The first kappa shape index (κ1) is 38.4. The van der Waals surface area contributed by atoms with Gasteiger partial charge in [0.15, 0.2) is 18.7 Å². The number of hydrogen-bond acceptors (Lipinski definition) is 14. The summed E-state index contributed by atoms with van der Waals surface area (Å²) in [5.41, 5.74) is 1.03. The lowest BCUT2D eigenvalue weighted by Crippen LogP contribution is -2.64. The van der Waals surface area contributed by atoms with Crippen molar-refractivity contribution in [1.82, 2.24) is 5.32 Å². The Morgan fingerprint density at radius 1 is 0.857 bits per heavy atom. The second-order valence-corrected chi connectivity index (χ2v) is 13.6. The highest BCUT2D eigenvalue weighted by Gasteiger charge is 2.51. The monoisotopic (exact) mass is 699 g/mol. The zero-order valence-corrected chi connectivity index (χ0v) is 27.8. The van der Waals surface area contributed by atoms with E-state index in [1.165, 1.54) is 6.92 Å². The topological polar surface area (TPSA) is 226 Å². The minimum atomic E-state index is -1.65. The van der Waals surface area contributed by atoms with Crippen LogP contribution in [0.4, 0.5) is 0 Å². The molecule has 1 aliphatic carbocycles. The van der Waals surface area contributed by atoms with Crippen molar-refractivity contribution in [3.05, 3.63) is 35.9 Å². The quantitative estimate of drug-likeness (QED) is 0.122. The fraction of sp³-hybridized carbons (Fsp3) is 0.794. The van der Waals surface area contributed by atoms with Crippen molar-refractivity contribution in [2.24, 2.45) is 5.92 Å². The molecule has 8 N–H and O–H groups in total. The molecule has 15 heteroatoms. The van der Waals surface area contributed by atoms with E-state index in [9.17, 15) is 40.5 Å². The lowest BCUT2D eigenvalue weighted by Gasteiger charge is -2.47. The van der Waals surface area contributed by atoms with Crippen molar-refractivity contribution in [2.75, 3.05) is 19.8 Å². The van der Waals surface area contributed by atoms with Crippen LogP contribution in [0, 0.1) is 5.92 Å². The van der Waals surface area contributed by atoms with Crippen LogP contribution in [0.1, 0.15) is 57.4 Å². The van der Waals surface area contributed by atoms with Gasteiger partial charge in [-0.1, -0.05) is 62.4 Å². The number of benzene rings is 1. The molecule has 0 aromatic heterocycles. The second kappa shape index (κ2) is 18.1. The number of hydrogen-bond donors (Lipinski definition) is 8. The molecule has 4 fully saturated rings. The molecule has 49 heavy (non-hydrogen) atoms. The number of aliphatic hydroxyl groups is 6. The van der Waals surface area contributed by atoms with Crippen molar-refractivity contribution >= 4 is 5.97 Å². The summed E-state index contributed by atoms with van der Waals surface area (Å²) in [5, 5.41) is 77.2. The van der Waals surface area contributed by atoms with E-state index in [4.69, 9.17) is 28.4 Å². The van der Waals surface area contributed by atoms with Crippen LogP contribution in [-0.2, 0) is 39.8 Å². The molecule has 1 aromatic rings. The number of aliphatic carboxylic acids is 1. The van der Waals surface area contributed by atoms with Crippen LogP contribution >= 0.6 is 0 Å². The van der Waals surface area contributed by atoms with E-state index in [0.717, 1.165) is 37.7 Å². The maximum absolute atomic E-state index is 12.2. The van der Waals surface area contributed by atoms with Gasteiger partial charge in [-0.2, -0.15) is 0 Å². The largest absolute Gasteiger partial charge is 0.479 e. The number of ether oxygens (including phenoxy) is 6. The van der Waals surface area contributed by atoms with Crippen LogP contribution in [-0.4, -0.2) is 147 Å². The molecule has 15 nitrogen and oxygen atoms in total. The Morgan fingerprint density at radius 3 is 2.27 bits per heavy atom. The van der Waals surface area contributed by atoms with E-state index in [1.807, 2.05) is 30.3 Å². The van der Waals surface area contributed by atoms with Gasteiger partial charge in [0, 0.05) is 19.7 Å². The van der Waals surface area contributed by atoms with E-state index in [0.29, 0.717) is 6.54 Å². The molecule has 1 saturated carbocycles. The first-order valence-electron chi connectivity index (χ1n) is 17.4. The van der Waals surface area contributed by atoms with Crippen molar-refractivity contribution < 1.29 is 69.0 Å². The van der Waals surface area contributed by atoms with Gasteiger partial charge in [-0.3, -0.25) is 0 Å². The van der Waals surface area contributed by atoms with E-state index in [-0.39, 0.29) is 31.9 Å². The fourth-order valence-electron chi connectivity index (χ4n) is 7.19. The summed E-state index contributed by atoms with van der Waals surface area (Å²) in [7, 11) is 0. The zero-order valence-electron chi connectivity index (χ0n) is 27.8. The minimum absolute atomic E-state index is 0.136. The summed E-state index contributed by atoms with van der Waals surface area (Å²) in [6.07, 6.45) is -12.7. The third kappa shape index (κ3) is 9.74. The first-order chi connectivity index (χ1) is 23.6. The number of nitrogens with one attached hydrogen (secondary N) is 1. The van der Waals surface area contributed by atoms with Crippen molar-refractivity contribution in [1.29, 1.82) is 0 Å². The Morgan fingerprint density at radius 2 is 1.57 bits per heavy atom. The van der Waals surface area contributed by atoms with E-state index < -0.39 is 98.4 Å². The molecule has 5 rings (SSSR count). The predicted octanol–water partition coefficient (Wildman–Crippen LogP) is -0.589. The van der Waals surface area contributed by atoms with Crippen LogP contribution in [0.15, 0.2) is 30.3 Å². The zero-order chi connectivity index (χ0) is 35.1. The van der Waals surface area contributed by atoms with Gasteiger partial charge >= 0.3 is 5.97 Å². The number of aliphatic hydroxyl groups excluding tert-OH is 6. The fourth-order valence-corrected chi connectivity index (χ4v) is 7.19. The van der Waals surface area contributed by atoms with E-state index >= 15 is 0 Å². The van der Waals surface area contributed by atoms with Gasteiger partial charge in [0.2, 0.25) is 0 Å². The standard InChI is InChI=1S/C34H53NO14/c1-18-25(37)27(39)28(40)33(45-18)49-30-21(12-13-44-23(30)16-35-15-20-10-6-3-7-11-20)47-34-29(41)31(26(38)24(17-36)48-34)46-22(32(42)43)14-19-8-4-2-5-9-19/h3,6-7,10-11,18-19,21-31,33-41H,2,4-5,8-9,12-17H2,1H3,(H,42,43)/t18-,21+,22-,23+,24+,25+,26-,27+,28-,29+,30-,31-,33-,34+/m0/s1. The highest BCUT2D eigenvalue weighted by atomic mass is 16.7. The highest BCUT2D eigenvalue weighted by molar-refractivity contribution is 5.72. The first-order valence-corrected chi connectivity index (χ1v) is 17.4. The van der Waals surface area contributed by atoms with Crippen LogP contribution in [0.3, 0.4) is 0 Å². The lowest BCUT2D eigenvalue weighted by molar-refractivity contribution is -0.355. The number of rotatable bonds is 14. The highest BCUT2D eigenvalue weighted by Crippen LogP contribution is 2.34. The summed E-state index contributed by atoms with van der Waals surface area (Å²) in [6.45, 7) is 1.86. The maximum atomic E-state index is 12.2. The summed E-state index contributed by atoms with van der Waals surface area (Å²) in [4.78, 5) is 12.2.